The minimum atomic E-state index is -3.37. The molecule has 0 saturated carbocycles. The molecule has 0 spiro atoms. The Morgan fingerprint density at radius 1 is 1.25 bits per heavy atom. The molecule has 1 aliphatic heterocycles. The Bertz CT molecular complexity index is 1640. The number of hydrogen-bond donors (Lipinski definition) is 2. The monoisotopic (exact) mass is 504 g/mol. The van der Waals surface area contributed by atoms with Gasteiger partial charge in [-0.1, -0.05) is 0 Å². The number of amides is 1. The number of nitriles is 1. The van der Waals surface area contributed by atoms with Crippen molar-refractivity contribution in [3.8, 4) is 28.7 Å². The minimum Gasteiger partial charge on any atom is -0.465 e. The zero-order chi connectivity index (χ0) is 25.5. The van der Waals surface area contributed by atoms with Crippen LogP contribution in [0.2, 0.25) is 0 Å². The van der Waals surface area contributed by atoms with Gasteiger partial charge in [-0.05, 0) is 30.3 Å². The van der Waals surface area contributed by atoms with Gasteiger partial charge in [0, 0.05) is 42.6 Å². The first-order valence-electron chi connectivity index (χ1n) is 10.8. The number of sulfonamides is 1. The van der Waals surface area contributed by atoms with Crippen LogP contribution in [0.5, 0.6) is 0 Å². The zero-order valence-corrected chi connectivity index (χ0v) is 19.8. The van der Waals surface area contributed by atoms with Gasteiger partial charge in [-0.2, -0.15) is 14.7 Å². The number of rotatable bonds is 6. The molecule has 2 N–H and O–H groups in total. The SMILES string of the molecule is CS(=O)(=O)N1CC(CC#N)(n2ccc(-c3nc(-c4cncc(NC(=O)O)c4)cc4ncccc34)n2)C1. The van der Waals surface area contributed by atoms with Crippen LogP contribution >= 0.6 is 0 Å². The second-order valence-corrected chi connectivity index (χ2v) is 10.5. The number of fused-ring (bicyclic) bond motifs is 1. The van der Waals surface area contributed by atoms with Gasteiger partial charge in [-0.15, -0.1) is 0 Å². The number of carbonyl (C=O) groups is 1. The van der Waals surface area contributed by atoms with Gasteiger partial charge in [0.15, 0.2) is 0 Å². The van der Waals surface area contributed by atoms with Gasteiger partial charge in [0.05, 0.1) is 41.8 Å². The van der Waals surface area contributed by atoms with Crippen LogP contribution in [0.15, 0.2) is 55.1 Å². The molecule has 5 heterocycles. The number of nitrogens with zero attached hydrogens (tertiary/aromatic N) is 7. The summed E-state index contributed by atoms with van der Waals surface area (Å²) in [5, 5.41) is 26.1. The van der Waals surface area contributed by atoms with E-state index < -0.39 is 21.7 Å². The summed E-state index contributed by atoms with van der Waals surface area (Å²) >= 11 is 0. The van der Waals surface area contributed by atoms with Gasteiger partial charge in [0.1, 0.15) is 16.9 Å². The third-order valence-corrected chi connectivity index (χ3v) is 7.22. The largest absolute Gasteiger partial charge is 0.465 e. The number of anilines is 1. The lowest BCUT2D eigenvalue weighted by Gasteiger charge is -2.47. The van der Waals surface area contributed by atoms with Gasteiger partial charge in [0.25, 0.3) is 0 Å². The standard InChI is InChI=1S/C23H20N8O4S/c1-36(34,35)30-13-23(14-30,5-6-24)31-8-4-18(29-31)21-17-3-2-7-26-20(17)10-19(28-21)15-9-16(12-25-11-15)27-22(32)33/h2-4,7-12,27H,5,13-14H2,1H3,(H,32,33). The summed E-state index contributed by atoms with van der Waals surface area (Å²) in [5.74, 6) is 0. The van der Waals surface area contributed by atoms with Crippen LogP contribution in [0.3, 0.4) is 0 Å². The molecule has 1 saturated heterocycles. The Hall–Kier alpha value is -4.41. The lowest BCUT2D eigenvalue weighted by atomic mass is 9.89. The maximum absolute atomic E-state index is 11.9. The first kappa shape index (κ1) is 23.3. The molecule has 1 aliphatic rings. The third-order valence-electron chi connectivity index (χ3n) is 6.02. The molecule has 0 bridgehead atoms. The molecule has 1 fully saturated rings. The first-order chi connectivity index (χ1) is 17.2. The molecule has 0 aliphatic carbocycles. The number of aromatic nitrogens is 5. The summed E-state index contributed by atoms with van der Waals surface area (Å²) in [6.07, 6.45) is 6.39. The van der Waals surface area contributed by atoms with Crippen LogP contribution in [0.1, 0.15) is 6.42 Å². The van der Waals surface area contributed by atoms with E-state index in [0.717, 1.165) is 11.6 Å². The van der Waals surface area contributed by atoms with Crippen LogP contribution in [0.4, 0.5) is 10.5 Å². The highest BCUT2D eigenvalue weighted by molar-refractivity contribution is 7.88. The molecule has 4 aromatic rings. The van der Waals surface area contributed by atoms with E-state index in [4.69, 9.17) is 15.2 Å². The van der Waals surface area contributed by atoms with Crippen molar-refractivity contribution >= 4 is 32.7 Å². The summed E-state index contributed by atoms with van der Waals surface area (Å²) in [5.41, 5.74) is 2.36. The van der Waals surface area contributed by atoms with Gasteiger partial charge in [0.2, 0.25) is 10.0 Å². The van der Waals surface area contributed by atoms with Crippen LogP contribution in [-0.4, -0.2) is 68.0 Å². The van der Waals surface area contributed by atoms with Crippen molar-refractivity contribution in [1.29, 1.82) is 5.26 Å². The Balaban J connectivity index is 1.58. The van der Waals surface area contributed by atoms with E-state index in [-0.39, 0.29) is 19.5 Å². The third kappa shape index (κ3) is 4.23. The molecule has 182 valence electrons. The van der Waals surface area contributed by atoms with Crippen molar-refractivity contribution in [3.05, 3.63) is 55.1 Å². The first-order valence-corrected chi connectivity index (χ1v) is 12.6. The van der Waals surface area contributed by atoms with E-state index >= 15 is 0 Å². The van der Waals surface area contributed by atoms with Crippen LogP contribution in [-0.2, 0) is 15.6 Å². The summed E-state index contributed by atoms with van der Waals surface area (Å²) in [7, 11) is -3.37. The second kappa shape index (κ2) is 8.67. The molecular weight excluding hydrogens is 484 g/mol. The minimum absolute atomic E-state index is 0.102. The van der Waals surface area contributed by atoms with E-state index in [1.54, 1.807) is 47.5 Å². The molecule has 13 heteroatoms. The van der Waals surface area contributed by atoms with E-state index in [0.29, 0.717) is 33.8 Å². The van der Waals surface area contributed by atoms with Crippen molar-refractivity contribution in [2.75, 3.05) is 24.7 Å². The lowest BCUT2D eigenvalue weighted by molar-refractivity contribution is 0.0726. The number of pyridine rings is 3. The normalized spacial score (nSPS) is 15.2. The number of carboxylic acid groups (broad SMARTS) is 1. The number of hydrogen-bond acceptors (Lipinski definition) is 8. The smallest absolute Gasteiger partial charge is 0.409 e. The van der Waals surface area contributed by atoms with E-state index in [1.807, 2.05) is 6.07 Å². The molecule has 0 atom stereocenters. The highest BCUT2D eigenvalue weighted by atomic mass is 32.2. The number of nitrogens with one attached hydrogen (secondary N) is 1. The van der Waals surface area contributed by atoms with E-state index in [2.05, 4.69) is 21.4 Å². The average molecular weight is 505 g/mol. The Kier molecular flexibility index (Phi) is 5.62. The van der Waals surface area contributed by atoms with Gasteiger partial charge >= 0.3 is 6.09 Å². The van der Waals surface area contributed by atoms with Crippen LogP contribution in [0.25, 0.3) is 33.5 Å². The van der Waals surface area contributed by atoms with Gasteiger partial charge in [-0.25, -0.2) is 18.2 Å². The van der Waals surface area contributed by atoms with E-state index in [1.165, 1.54) is 10.5 Å². The van der Waals surface area contributed by atoms with Crippen molar-refractivity contribution in [2.24, 2.45) is 0 Å². The van der Waals surface area contributed by atoms with Gasteiger partial charge < -0.3 is 5.11 Å². The molecule has 1 amide bonds. The van der Waals surface area contributed by atoms with Crippen molar-refractivity contribution in [3.63, 3.8) is 0 Å². The molecule has 5 rings (SSSR count). The average Bonchev–Trinajstić information content (AvgIpc) is 3.29. The predicted octanol–water partition coefficient (Wildman–Crippen LogP) is 2.53. The molecule has 12 nitrogen and oxygen atoms in total. The maximum Gasteiger partial charge on any atom is 0.409 e. The predicted molar refractivity (Wildman–Crippen MR) is 130 cm³/mol. The zero-order valence-electron chi connectivity index (χ0n) is 19.0. The Labute approximate surface area is 205 Å². The lowest BCUT2D eigenvalue weighted by Crippen LogP contribution is -2.63. The highest BCUT2D eigenvalue weighted by Gasteiger charge is 2.49. The van der Waals surface area contributed by atoms with Crippen molar-refractivity contribution < 1.29 is 18.3 Å². The topological polar surface area (TPSA) is 167 Å². The fourth-order valence-corrected chi connectivity index (χ4v) is 5.18. The molecule has 36 heavy (non-hydrogen) atoms. The van der Waals surface area contributed by atoms with Crippen molar-refractivity contribution in [1.82, 2.24) is 29.0 Å². The van der Waals surface area contributed by atoms with Crippen LogP contribution < -0.4 is 5.32 Å². The summed E-state index contributed by atoms with van der Waals surface area (Å²) in [6, 6.07) is 11.0. The molecule has 0 radical (unpaired) electrons. The molecule has 0 aromatic carbocycles. The Morgan fingerprint density at radius 3 is 2.78 bits per heavy atom. The highest BCUT2D eigenvalue weighted by Crippen LogP contribution is 2.36. The van der Waals surface area contributed by atoms with Crippen molar-refractivity contribution in [2.45, 2.75) is 12.0 Å². The van der Waals surface area contributed by atoms with Crippen LogP contribution in [0, 0.1) is 11.3 Å². The molecular formula is C23H20N8O4S. The maximum atomic E-state index is 11.9. The Morgan fingerprint density at radius 2 is 2.06 bits per heavy atom. The summed E-state index contributed by atoms with van der Waals surface area (Å²) < 4.78 is 26.8. The summed E-state index contributed by atoms with van der Waals surface area (Å²) in [4.78, 5) is 24.4. The fraction of sp³-hybridized carbons (Fsp3) is 0.217. The summed E-state index contributed by atoms with van der Waals surface area (Å²) in [6.45, 7) is 0.316. The molecule has 4 aromatic heterocycles. The molecule has 0 unspecified atom stereocenters. The van der Waals surface area contributed by atoms with Gasteiger partial charge in [-0.3, -0.25) is 20.0 Å². The second-order valence-electron chi connectivity index (χ2n) is 8.55. The quantitative estimate of drug-likeness (QED) is 0.401. The fourth-order valence-electron chi connectivity index (χ4n) is 4.23. The van der Waals surface area contributed by atoms with E-state index in [9.17, 15) is 18.5 Å².